The highest BCUT2D eigenvalue weighted by molar-refractivity contribution is 7.64. The monoisotopic (exact) mass is 535 g/mol. The molecule has 5 nitrogen and oxygen atoms in total. The van der Waals surface area contributed by atoms with Crippen LogP contribution in [0.4, 0.5) is 29.3 Å². The van der Waals surface area contributed by atoms with Crippen LogP contribution in [0, 0.1) is 17.5 Å². The van der Waals surface area contributed by atoms with Crippen molar-refractivity contribution in [2.75, 3.05) is 30.1 Å². The molecule has 190 valence electrons. The van der Waals surface area contributed by atoms with Gasteiger partial charge in [0.15, 0.2) is 11.6 Å². The molecule has 0 aliphatic carbocycles. The van der Waals surface area contributed by atoms with E-state index in [1.54, 1.807) is 19.1 Å². The van der Waals surface area contributed by atoms with Crippen LogP contribution in [-0.2, 0) is 4.79 Å². The minimum Gasteiger partial charge on any atom is -0.335 e. The molecule has 3 amide bonds. The average Bonchev–Trinajstić information content (AvgIpc) is 2.83. The molecule has 10 heteroatoms. The van der Waals surface area contributed by atoms with Crippen LogP contribution in [0.25, 0.3) is 11.1 Å². The third-order valence-corrected chi connectivity index (χ3v) is 7.12. The molecule has 0 saturated carbocycles. The standard InChI is InChI=1S/C26H26ClF3N3O2P/c1-16(31-26(35)32-21-10-8-17(27)14-20(21)28)12-13-33(15-34)22-11-9-19(24(29)25(22)30)18-6-4-5-7-23(18)36(2)3/h4-11,14-16H,12-13H2,1-3H3,(H2,31,32,35). The van der Waals surface area contributed by atoms with Crippen molar-refractivity contribution in [3.05, 3.63) is 77.1 Å². The van der Waals surface area contributed by atoms with Gasteiger partial charge in [0.1, 0.15) is 5.82 Å². The molecule has 0 radical (unpaired) electrons. The first-order chi connectivity index (χ1) is 17.1. The van der Waals surface area contributed by atoms with E-state index in [0.717, 1.165) is 16.3 Å². The van der Waals surface area contributed by atoms with Crippen molar-refractivity contribution in [3.63, 3.8) is 0 Å². The number of anilines is 2. The smallest absolute Gasteiger partial charge is 0.319 e. The van der Waals surface area contributed by atoms with Crippen molar-refractivity contribution in [2.24, 2.45) is 0 Å². The van der Waals surface area contributed by atoms with Crippen molar-refractivity contribution in [1.82, 2.24) is 5.32 Å². The first kappa shape index (κ1) is 27.5. The number of carbonyl (C=O) groups is 2. The number of carbonyl (C=O) groups excluding carboxylic acids is 2. The van der Waals surface area contributed by atoms with Crippen molar-refractivity contribution < 1.29 is 22.8 Å². The van der Waals surface area contributed by atoms with Crippen LogP contribution < -0.4 is 20.8 Å². The van der Waals surface area contributed by atoms with Gasteiger partial charge in [0.05, 0.1) is 11.4 Å². The molecule has 0 aliphatic heterocycles. The molecule has 3 rings (SSSR count). The van der Waals surface area contributed by atoms with Crippen molar-refractivity contribution in [1.29, 1.82) is 0 Å². The Kier molecular flexibility index (Phi) is 9.35. The number of urea groups is 1. The summed E-state index contributed by atoms with van der Waals surface area (Å²) in [6.07, 6.45) is 0.648. The topological polar surface area (TPSA) is 61.4 Å². The molecular formula is C26H26ClF3N3O2P. The van der Waals surface area contributed by atoms with Crippen LogP contribution in [-0.4, -0.2) is 38.4 Å². The number of hydrogen-bond donors (Lipinski definition) is 2. The maximum absolute atomic E-state index is 15.1. The fourth-order valence-corrected chi connectivity index (χ4v) is 4.89. The van der Waals surface area contributed by atoms with Gasteiger partial charge in [0.2, 0.25) is 6.41 Å². The predicted octanol–water partition coefficient (Wildman–Crippen LogP) is 6.35. The number of halogens is 4. The maximum atomic E-state index is 15.1. The summed E-state index contributed by atoms with van der Waals surface area (Å²) >= 11 is 5.70. The third-order valence-electron chi connectivity index (χ3n) is 5.53. The quantitative estimate of drug-likeness (QED) is 0.248. The Bertz CT molecular complexity index is 1260. The predicted molar refractivity (Wildman–Crippen MR) is 141 cm³/mol. The molecule has 1 atom stereocenters. The van der Waals surface area contributed by atoms with Gasteiger partial charge in [-0.05, 0) is 67.9 Å². The number of nitrogens with one attached hydrogen (secondary N) is 2. The van der Waals surface area contributed by atoms with E-state index in [1.165, 1.54) is 24.3 Å². The van der Waals surface area contributed by atoms with Crippen molar-refractivity contribution >= 4 is 48.6 Å². The van der Waals surface area contributed by atoms with E-state index in [9.17, 15) is 14.0 Å². The molecule has 1 unspecified atom stereocenters. The van der Waals surface area contributed by atoms with Crippen LogP contribution in [0.2, 0.25) is 5.02 Å². The first-order valence-electron chi connectivity index (χ1n) is 11.1. The van der Waals surface area contributed by atoms with Crippen molar-refractivity contribution in [3.8, 4) is 11.1 Å². The van der Waals surface area contributed by atoms with Gasteiger partial charge in [-0.3, -0.25) is 4.79 Å². The molecule has 0 saturated heterocycles. The van der Waals surface area contributed by atoms with E-state index < -0.39 is 37.4 Å². The summed E-state index contributed by atoms with van der Waals surface area (Å²) in [6, 6.07) is 12.8. The summed E-state index contributed by atoms with van der Waals surface area (Å²) in [6.45, 7) is 5.76. The van der Waals surface area contributed by atoms with E-state index in [0.29, 0.717) is 12.0 Å². The molecule has 3 aromatic carbocycles. The fourth-order valence-electron chi connectivity index (χ4n) is 3.67. The van der Waals surface area contributed by atoms with Crippen LogP contribution in [0.1, 0.15) is 13.3 Å². The SMILES string of the molecule is CC(CCN(C=O)c1ccc(-c2ccccc2P(C)C)c(F)c1F)NC(=O)Nc1ccc(Cl)cc1F. The Labute approximate surface area is 214 Å². The lowest BCUT2D eigenvalue weighted by molar-refractivity contribution is -0.107. The zero-order chi connectivity index (χ0) is 26.4. The lowest BCUT2D eigenvalue weighted by Crippen LogP contribution is -2.38. The Morgan fingerprint density at radius 3 is 2.44 bits per heavy atom. The Hall–Kier alpha value is -3.09. The number of rotatable bonds is 9. The van der Waals surface area contributed by atoms with Gasteiger partial charge >= 0.3 is 6.03 Å². The molecule has 0 fully saturated rings. The fraction of sp³-hybridized carbons (Fsp3) is 0.231. The summed E-state index contributed by atoms with van der Waals surface area (Å²) in [5, 5.41) is 6.14. The summed E-state index contributed by atoms with van der Waals surface area (Å²) in [5.41, 5.74) is 0.514. The summed E-state index contributed by atoms with van der Waals surface area (Å²) in [7, 11) is -0.548. The molecule has 0 aliphatic rings. The highest BCUT2D eigenvalue weighted by Crippen LogP contribution is 2.34. The lowest BCUT2D eigenvalue weighted by Gasteiger charge is -2.22. The molecule has 0 heterocycles. The molecule has 0 spiro atoms. The number of benzene rings is 3. The zero-order valence-corrected chi connectivity index (χ0v) is 21.6. The molecule has 36 heavy (non-hydrogen) atoms. The van der Waals surface area contributed by atoms with E-state index in [1.807, 2.05) is 25.5 Å². The summed E-state index contributed by atoms with van der Waals surface area (Å²) in [4.78, 5) is 24.9. The normalized spacial score (nSPS) is 11.8. The minimum atomic E-state index is -1.12. The van der Waals surface area contributed by atoms with Gasteiger partial charge in [0, 0.05) is 23.2 Å². The Balaban J connectivity index is 1.68. The van der Waals surface area contributed by atoms with Crippen LogP contribution >= 0.6 is 19.5 Å². The highest BCUT2D eigenvalue weighted by Gasteiger charge is 2.21. The summed E-state index contributed by atoms with van der Waals surface area (Å²) < 4.78 is 44.0. The number of hydrogen-bond acceptors (Lipinski definition) is 2. The van der Waals surface area contributed by atoms with Gasteiger partial charge in [0.25, 0.3) is 0 Å². The Morgan fingerprint density at radius 1 is 1.06 bits per heavy atom. The number of amides is 3. The molecule has 2 N–H and O–H groups in total. The van der Waals surface area contributed by atoms with Crippen molar-refractivity contribution in [2.45, 2.75) is 19.4 Å². The Morgan fingerprint density at radius 2 is 1.78 bits per heavy atom. The van der Waals surface area contributed by atoms with Crippen LogP contribution in [0.5, 0.6) is 0 Å². The largest absolute Gasteiger partial charge is 0.335 e. The first-order valence-corrected chi connectivity index (χ1v) is 13.7. The highest BCUT2D eigenvalue weighted by atomic mass is 35.5. The van der Waals surface area contributed by atoms with E-state index in [4.69, 9.17) is 11.6 Å². The molecule has 3 aromatic rings. The second-order valence-electron chi connectivity index (χ2n) is 8.38. The molecule has 0 aromatic heterocycles. The van der Waals surface area contributed by atoms with Gasteiger partial charge in [-0.25, -0.2) is 18.0 Å². The van der Waals surface area contributed by atoms with E-state index in [2.05, 4.69) is 10.6 Å². The molecule has 0 bridgehead atoms. The van der Waals surface area contributed by atoms with Gasteiger partial charge < -0.3 is 15.5 Å². The van der Waals surface area contributed by atoms with E-state index >= 15 is 8.78 Å². The van der Waals surface area contributed by atoms with Crippen LogP contribution in [0.3, 0.4) is 0 Å². The maximum Gasteiger partial charge on any atom is 0.319 e. The third kappa shape index (κ3) is 6.56. The lowest BCUT2D eigenvalue weighted by atomic mass is 10.0. The van der Waals surface area contributed by atoms with Gasteiger partial charge in [-0.1, -0.05) is 43.8 Å². The zero-order valence-electron chi connectivity index (χ0n) is 20.0. The summed E-state index contributed by atoms with van der Waals surface area (Å²) in [5.74, 6) is -2.84. The second kappa shape index (κ2) is 12.2. The van der Waals surface area contributed by atoms with Gasteiger partial charge in [-0.15, -0.1) is 0 Å². The molecular weight excluding hydrogens is 510 g/mol. The second-order valence-corrected chi connectivity index (χ2v) is 11.1. The average molecular weight is 536 g/mol. The minimum absolute atomic E-state index is 0.0156. The van der Waals surface area contributed by atoms with Crippen LogP contribution in [0.15, 0.2) is 54.6 Å². The van der Waals surface area contributed by atoms with Gasteiger partial charge in [-0.2, -0.15) is 0 Å². The van der Waals surface area contributed by atoms with E-state index in [-0.39, 0.29) is 34.9 Å². The number of nitrogens with zero attached hydrogens (tertiary/aromatic N) is 1.